The normalized spacial score (nSPS) is 11.1. The molecule has 0 unspecified atom stereocenters. The van der Waals surface area contributed by atoms with Crippen LogP contribution in [0.1, 0.15) is 25.3 Å². The van der Waals surface area contributed by atoms with Crippen molar-refractivity contribution in [3.63, 3.8) is 0 Å². The summed E-state index contributed by atoms with van der Waals surface area (Å²) in [4.78, 5) is 22.9. The van der Waals surface area contributed by atoms with Crippen LogP contribution >= 0.6 is 0 Å². The summed E-state index contributed by atoms with van der Waals surface area (Å²) in [5.74, 6) is -0.691. The van der Waals surface area contributed by atoms with Crippen LogP contribution in [0.25, 0.3) is 0 Å². The molecule has 1 atom stereocenters. The molecule has 22 heavy (non-hydrogen) atoms. The number of hydrogen-bond acceptors (Lipinski definition) is 5. The van der Waals surface area contributed by atoms with Crippen LogP contribution in [0.5, 0.6) is 0 Å². The summed E-state index contributed by atoms with van der Waals surface area (Å²) in [6.07, 6.45) is 0.718. The molecule has 0 saturated heterocycles. The summed E-state index contributed by atoms with van der Waals surface area (Å²) in [5.41, 5.74) is 0.923. The van der Waals surface area contributed by atoms with Crippen LogP contribution in [0.3, 0.4) is 0 Å². The van der Waals surface area contributed by atoms with Crippen molar-refractivity contribution in [2.45, 2.75) is 26.4 Å². The molecule has 1 aromatic rings. The predicted octanol–water partition coefficient (Wildman–Crippen LogP) is 2.40. The van der Waals surface area contributed by atoms with Gasteiger partial charge in [0.1, 0.15) is 12.7 Å². The number of amides is 1. The first-order chi connectivity index (χ1) is 10.6. The second kappa shape index (κ2) is 10.2. The molecule has 1 rings (SSSR count). The molecule has 0 spiro atoms. The highest BCUT2D eigenvalue weighted by atomic mass is 16.5. The van der Waals surface area contributed by atoms with Crippen LogP contribution < -0.4 is 5.32 Å². The van der Waals surface area contributed by atoms with E-state index in [0.29, 0.717) is 19.4 Å². The quantitative estimate of drug-likeness (QED) is 0.588. The van der Waals surface area contributed by atoms with Crippen molar-refractivity contribution in [3.8, 4) is 6.07 Å². The third-order valence-electron chi connectivity index (χ3n) is 2.98. The lowest BCUT2D eigenvalue weighted by Gasteiger charge is -2.10. The highest BCUT2D eigenvalue weighted by Crippen LogP contribution is 2.07. The largest absolute Gasteiger partial charge is 0.450 e. The molecule has 118 valence electrons. The molecule has 6 nitrogen and oxygen atoms in total. The maximum absolute atomic E-state index is 11.5. The zero-order valence-corrected chi connectivity index (χ0v) is 12.6. The summed E-state index contributed by atoms with van der Waals surface area (Å²) >= 11 is 0. The van der Waals surface area contributed by atoms with Crippen molar-refractivity contribution >= 4 is 12.1 Å². The van der Waals surface area contributed by atoms with E-state index in [1.807, 2.05) is 30.3 Å². The van der Waals surface area contributed by atoms with Crippen molar-refractivity contribution in [1.29, 1.82) is 5.26 Å². The van der Waals surface area contributed by atoms with E-state index in [1.54, 1.807) is 13.0 Å². The second-order valence-electron chi connectivity index (χ2n) is 4.80. The fraction of sp³-hybridized carbons (Fsp3) is 0.438. The molecular weight excluding hydrogens is 284 g/mol. The number of nitriles is 1. The Kier molecular flexibility index (Phi) is 8.13. The van der Waals surface area contributed by atoms with Crippen LogP contribution in [0.4, 0.5) is 4.79 Å². The number of rotatable bonds is 8. The lowest BCUT2D eigenvalue weighted by Crippen LogP contribution is -2.26. The molecule has 1 amide bonds. The number of alkyl carbamates (subject to hydrolysis) is 1. The highest BCUT2D eigenvalue weighted by Gasteiger charge is 2.13. The van der Waals surface area contributed by atoms with Crippen molar-refractivity contribution in [3.05, 3.63) is 35.9 Å². The average molecular weight is 304 g/mol. The maximum Gasteiger partial charge on any atom is 0.407 e. The molecule has 1 N–H and O–H groups in total. The summed E-state index contributed by atoms with van der Waals surface area (Å²) in [6, 6.07) is 11.2. The first kappa shape index (κ1) is 17.5. The van der Waals surface area contributed by atoms with Gasteiger partial charge in [-0.05, 0) is 18.4 Å². The fourth-order valence-corrected chi connectivity index (χ4v) is 1.74. The number of nitrogens with zero attached hydrogens (tertiary/aromatic N) is 1. The molecule has 0 aliphatic rings. The third-order valence-corrected chi connectivity index (χ3v) is 2.98. The van der Waals surface area contributed by atoms with E-state index < -0.39 is 12.1 Å². The van der Waals surface area contributed by atoms with E-state index in [9.17, 15) is 9.59 Å². The minimum atomic E-state index is -0.483. The maximum atomic E-state index is 11.5. The molecule has 0 bridgehead atoms. The number of carbonyl (C=O) groups is 2. The Hall–Kier alpha value is -2.55. The third kappa shape index (κ3) is 7.29. The van der Waals surface area contributed by atoms with Crippen molar-refractivity contribution in [2.75, 3.05) is 13.2 Å². The van der Waals surface area contributed by atoms with Crippen molar-refractivity contribution < 1.29 is 19.1 Å². The summed E-state index contributed by atoms with van der Waals surface area (Å²) < 4.78 is 9.76. The highest BCUT2D eigenvalue weighted by molar-refractivity contribution is 5.72. The summed E-state index contributed by atoms with van der Waals surface area (Å²) in [5, 5.41) is 10.9. The Labute approximate surface area is 130 Å². The van der Waals surface area contributed by atoms with Crippen LogP contribution in [0.15, 0.2) is 30.3 Å². The van der Waals surface area contributed by atoms with Crippen LogP contribution in [-0.2, 0) is 20.9 Å². The molecular formula is C16H20N2O4. The average Bonchev–Trinajstić information content (AvgIpc) is 2.55. The summed E-state index contributed by atoms with van der Waals surface area (Å²) in [7, 11) is 0. The van der Waals surface area contributed by atoms with Gasteiger partial charge in [-0.3, -0.25) is 4.79 Å². The van der Waals surface area contributed by atoms with Gasteiger partial charge in [-0.15, -0.1) is 0 Å². The van der Waals surface area contributed by atoms with Gasteiger partial charge in [0.15, 0.2) is 6.61 Å². The Morgan fingerprint density at radius 3 is 2.68 bits per heavy atom. The number of hydrogen-bond donors (Lipinski definition) is 1. The minimum absolute atomic E-state index is 0.226. The number of nitrogens with one attached hydrogen (secondary N) is 1. The Morgan fingerprint density at radius 1 is 1.27 bits per heavy atom. The molecule has 0 aliphatic carbocycles. The van der Waals surface area contributed by atoms with Gasteiger partial charge in [-0.1, -0.05) is 37.3 Å². The standard InChI is InChI=1S/C16H20N2O4/c1-13(15(19)21-11-9-17)6-5-10-18-16(20)22-12-14-7-3-2-4-8-14/h2-4,7-8,13H,5-6,10-12H2,1H3,(H,18,20)/t13-/m0/s1. The lowest BCUT2D eigenvalue weighted by molar-refractivity contribution is -0.146. The fourth-order valence-electron chi connectivity index (χ4n) is 1.74. The first-order valence-electron chi connectivity index (χ1n) is 7.11. The molecule has 0 fully saturated rings. The lowest BCUT2D eigenvalue weighted by atomic mass is 10.1. The predicted molar refractivity (Wildman–Crippen MR) is 79.6 cm³/mol. The van der Waals surface area contributed by atoms with E-state index in [1.165, 1.54) is 0 Å². The van der Waals surface area contributed by atoms with Crippen LogP contribution in [0, 0.1) is 17.2 Å². The Bertz CT molecular complexity index is 511. The monoisotopic (exact) mass is 304 g/mol. The van der Waals surface area contributed by atoms with E-state index in [0.717, 1.165) is 5.56 Å². The van der Waals surface area contributed by atoms with E-state index in [2.05, 4.69) is 5.32 Å². The molecule has 1 aromatic carbocycles. The summed E-state index contributed by atoms with van der Waals surface area (Å²) in [6.45, 7) is 2.15. The van der Waals surface area contributed by atoms with Crippen molar-refractivity contribution in [1.82, 2.24) is 5.32 Å². The van der Waals surface area contributed by atoms with Crippen LogP contribution in [-0.4, -0.2) is 25.2 Å². The molecule has 0 aromatic heterocycles. The Morgan fingerprint density at radius 2 is 2.00 bits per heavy atom. The minimum Gasteiger partial charge on any atom is -0.450 e. The molecule has 0 heterocycles. The number of ether oxygens (including phenoxy) is 2. The molecule has 6 heteroatoms. The van der Waals surface area contributed by atoms with Gasteiger partial charge in [-0.2, -0.15) is 5.26 Å². The zero-order chi connectivity index (χ0) is 16.2. The van der Waals surface area contributed by atoms with Gasteiger partial charge >= 0.3 is 12.1 Å². The van der Waals surface area contributed by atoms with Gasteiger partial charge in [0.05, 0.1) is 5.92 Å². The van der Waals surface area contributed by atoms with Crippen LogP contribution in [0.2, 0.25) is 0 Å². The van der Waals surface area contributed by atoms with Gasteiger partial charge < -0.3 is 14.8 Å². The van der Waals surface area contributed by atoms with Gasteiger partial charge in [0.25, 0.3) is 0 Å². The van der Waals surface area contributed by atoms with E-state index in [-0.39, 0.29) is 19.1 Å². The Balaban J connectivity index is 2.10. The van der Waals surface area contributed by atoms with Gasteiger partial charge in [0.2, 0.25) is 0 Å². The number of esters is 1. The first-order valence-corrected chi connectivity index (χ1v) is 7.11. The van der Waals surface area contributed by atoms with Gasteiger partial charge in [0, 0.05) is 6.54 Å². The second-order valence-corrected chi connectivity index (χ2v) is 4.80. The molecule has 0 radical (unpaired) electrons. The van der Waals surface area contributed by atoms with Crippen molar-refractivity contribution in [2.24, 2.45) is 5.92 Å². The molecule has 0 aliphatic heterocycles. The number of carbonyl (C=O) groups excluding carboxylic acids is 2. The van der Waals surface area contributed by atoms with E-state index >= 15 is 0 Å². The smallest absolute Gasteiger partial charge is 0.407 e. The zero-order valence-electron chi connectivity index (χ0n) is 12.6. The van der Waals surface area contributed by atoms with E-state index in [4.69, 9.17) is 14.7 Å². The SMILES string of the molecule is C[C@@H](CCCNC(=O)OCc1ccccc1)C(=O)OCC#N. The van der Waals surface area contributed by atoms with Gasteiger partial charge in [-0.25, -0.2) is 4.79 Å². The molecule has 0 saturated carbocycles. The topological polar surface area (TPSA) is 88.4 Å². The number of benzene rings is 1.